The average molecular weight is 304 g/mol. The monoisotopic (exact) mass is 303 g/mol. The molecule has 21 heavy (non-hydrogen) atoms. The molecule has 0 spiro atoms. The lowest BCUT2D eigenvalue weighted by Crippen LogP contribution is -2.44. The van der Waals surface area contributed by atoms with Crippen molar-refractivity contribution >= 4 is 17.4 Å². The number of aromatic nitrogens is 4. The van der Waals surface area contributed by atoms with Crippen LogP contribution in [0.3, 0.4) is 0 Å². The van der Waals surface area contributed by atoms with E-state index >= 15 is 0 Å². The molecule has 0 aromatic carbocycles. The van der Waals surface area contributed by atoms with Crippen LogP contribution in [0, 0.1) is 6.92 Å². The Bertz CT molecular complexity index is 641. The Balaban J connectivity index is 1.59. The number of piperidine rings is 1. The molecule has 2 aromatic heterocycles. The van der Waals surface area contributed by atoms with Crippen molar-refractivity contribution in [2.75, 3.05) is 4.90 Å². The highest BCUT2D eigenvalue weighted by molar-refractivity contribution is 6.30. The maximum Gasteiger partial charge on any atom is 0.132 e. The van der Waals surface area contributed by atoms with Gasteiger partial charge in [0.25, 0.3) is 0 Å². The molecule has 2 aliphatic heterocycles. The molecule has 0 N–H and O–H groups in total. The molecule has 0 radical (unpaired) electrons. The SMILES string of the molecule is Cc1nccc(N2C3CCC2CC(n2cc(Cl)cn2)C3)n1. The summed E-state index contributed by atoms with van der Waals surface area (Å²) in [6.07, 6.45) is 10.2. The van der Waals surface area contributed by atoms with E-state index in [0.29, 0.717) is 18.1 Å². The van der Waals surface area contributed by atoms with E-state index in [-0.39, 0.29) is 0 Å². The largest absolute Gasteiger partial charge is 0.350 e. The van der Waals surface area contributed by atoms with E-state index in [1.54, 1.807) is 6.20 Å². The van der Waals surface area contributed by atoms with Gasteiger partial charge in [-0.1, -0.05) is 11.6 Å². The minimum absolute atomic E-state index is 0.453. The highest BCUT2D eigenvalue weighted by Crippen LogP contribution is 2.42. The van der Waals surface area contributed by atoms with Gasteiger partial charge in [0, 0.05) is 24.5 Å². The first-order chi connectivity index (χ1) is 10.2. The van der Waals surface area contributed by atoms with Gasteiger partial charge in [0.05, 0.1) is 17.3 Å². The van der Waals surface area contributed by atoms with Crippen molar-refractivity contribution in [3.8, 4) is 0 Å². The van der Waals surface area contributed by atoms with Crippen molar-refractivity contribution in [3.05, 3.63) is 35.5 Å². The minimum Gasteiger partial charge on any atom is -0.350 e. The Morgan fingerprint density at radius 2 is 1.95 bits per heavy atom. The number of hydrogen-bond donors (Lipinski definition) is 0. The Morgan fingerprint density at radius 1 is 1.19 bits per heavy atom. The molecule has 2 aromatic rings. The number of aryl methyl sites for hydroxylation is 1. The van der Waals surface area contributed by atoms with E-state index in [4.69, 9.17) is 11.6 Å². The van der Waals surface area contributed by atoms with Gasteiger partial charge < -0.3 is 4.90 Å². The molecule has 0 saturated carbocycles. The highest BCUT2D eigenvalue weighted by atomic mass is 35.5. The van der Waals surface area contributed by atoms with Gasteiger partial charge in [-0.15, -0.1) is 0 Å². The van der Waals surface area contributed by atoms with Crippen LogP contribution in [0.5, 0.6) is 0 Å². The number of anilines is 1. The normalized spacial score (nSPS) is 28.1. The number of hydrogen-bond acceptors (Lipinski definition) is 4. The summed E-state index contributed by atoms with van der Waals surface area (Å²) in [6, 6.07) is 3.58. The first-order valence-corrected chi connectivity index (χ1v) is 7.86. The van der Waals surface area contributed by atoms with Crippen molar-refractivity contribution in [2.24, 2.45) is 0 Å². The van der Waals surface area contributed by atoms with Crippen molar-refractivity contribution < 1.29 is 0 Å². The summed E-state index contributed by atoms with van der Waals surface area (Å²) < 4.78 is 2.04. The fraction of sp³-hybridized carbons (Fsp3) is 0.533. The predicted octanol–water partition coefficient (Wildman–Crippen LogP) is 3.01. The van der Waals surface area contributed by atoms with Crippen LogP contribution < -0.4 is 4.90 Å². The summed E-state index contributed by atoms with van der Waals surface area (Å²) in [5.41, 5.74) is 0. The van der Waals surface area contributed by atoms with Crippen molar-refractivity contribution in [1.29, 1.82) is 0 Å². The van der Waals surface area contributed by atoms with Gasteiger partial charge in [-0.25, -0.2) is 9.97 Å². The maximum atomic E-state index is 6.00. The zero-order chi connectivity index (χ0) is 14.4. The molecule has 110 valence electrons. The molecule has 0 aliphatic carbocycles. The fourth-order valence-corrected chi connectivity index (χ4v) is 3.98. The summed E-state index contributed by atoms with van der Waals surface area (Å²) in [7, 11) is 0. The lowest BCUT2D eigenvalue weighted by molar-refractivity contribution is 0.313. The first-order valence-electron chi connectivity index (χ1n) is 7.48. The third-order valence-corrected chi connectivity index (χ3v) is 4.87. The molecular formula is C15H18ClN5. The Kier molecular flexibility index (Phi) is 3.10. The molecule has 2 fully saturated rings. The van der Waals surface area contributed by atoms with Crippen LogP contribution in [-0.2, 0) is 0 Å². The molecule has 2 atom stereocenters. The summed E-state index contributed by atoms with van der Waals surface area (Å²) in [6.45, 7) is 1.95. The van der Waals surface area contributed by atoms with E-state index in [2.05, 4.69) is 20.0 Å². The molecule has 2 bridgehead atoms. The summed E-state index contributed by atoms with van der Waals surface area (Å²) >= 11 is 6.00. The molecule has 0 amide bonds. The van der Waals surface area contributed by atoms with Gasteiger partial charge in [-0.2, -0.15) is 5.10 Å². The zero-order valence-corrected chi connectivity index (χ0v) is 12.7. The number of rotatable bonds is 2. The Morgan fingerprint density at radius 3 is 2.57 bits per heavy atom. The van der Waals surface area contributed by atoms with Crippen molar-refractivity contribution in [1.82, 2.24) is 19.7 Å². The Hall–Kier alpha value is -1.62. The second-order valence-electron chi connectivity index (χ2n) is 6.02. The van der Waals surface area contributed by atoms with Crippen LogP contribution in [0.2, 0.25) is 5.02 Å². The molecule has 4 heterocycles. The van der Waals surface area contributed by atoms with Crippen LogP contribution in [-0.4, -0.2) is 31.8 Å². The summed E-state index contributed by atoms with van der Waals surface area (Å²) in [4.78, 5) is 11.3. The Labute approximate surface area is 129 Å². The summed E-state index contributed by atoms with van der Waals surface area (Å²) in [5, 5.41) is 5.11. The van der Waals surface area contributed by atoms with E-state index < -0.39 is 0 Å². The highest BCUT2D eigenvalue weighted by Gasteiger charge is 2.42. The van der Waals surface area contributed by atoms with Crippen LogP contribution >= 0.6 is 11.6 Å². The summed E-state index contributed by atoms with van der Waals surface area (Å²) in [5.74, 6) is 1.92. The van der Waals surface area contributed by atoms with Gasteiger partial charge in [-0.05, 0) is 38.7 Å². The molecule has 2 unspecified atom stereocenters. The second-order valence-corrected chi connectivity index (χ2v) is 6.45. The predicted molar refractivity (Wildman–Crippen MR) is 81.6 cm³/mol. The standard InChI is InChI=1S/C15H18ClN5/c1-10-17-5-4-15(19-10)21-12-2-3-13(21)7-14(6-12)20-9-11(16)8-18-20/h4-5,8-9,12-14H,2-3,6-7H2,1H3. The molecule has 5 nitrogen and oxygen atoms in total. The number of halogens is 1. The van der Waals surface area contributed by atoms with E-state index in [0.717, 1.165) is 29.5 Å². The van der Waals surface area contributed by atoms with Gasteiger partial charge >= 0.3 is 0 Å². The fourth-order valence-electron chi connectivity index (χ4n) is 3.84. The van der Waals surface area contributed by atoms with Crippen molar-refractivity contribution in [3.63, 3.8) is 0 Å². The number of nitrogens with zero attached hydrogens (tertiary/aromatic N) is 5. The van der Waals surface area contributed by atoms with Gasteiger partial charge in [0.15, 0.2) is 0 Å². The van der Waals surface area contributed by atoms with Gasteiger partial charge in [0.2, 0.25) is 0 Å². The van der Waals surface area contributed by atoms with E-state index in [1.807, 2.05) is 30.1 Å². The molecule has 6 heteroatoms. The maximum absolute atomic E-state index is 6.00. The lowest BCUT2D eigenvalue weighted by Gasteiger charge is -2.39. The zero-order valence-electron chi connectivity index (χ0n) is 12.0. The minimum atomic E-state index is 0.453. The van der Waals surface area contributed by atoms with Crippen LogP contribution in [0.1, 0.15) is 37.5 Å². The van der Waals surface area contributed by atoms with Gasteiger partial charge in [0.1, 0.15) is 11.6 Å². The van der Waals surface area contributed by atoms with Crippen LogP contribution in [0.25, 0.3) is 0 Å². The number of fused-ring (bicyclic) bond motifs is 2. The van der Waals surface area contributed by atoms with Gasteiger partial charge in [-0.3, -0.25) is 4.68 Å². The topological polar surface area (TPSA) is 46.8 Å². The molecule has 4 rings (SSSR count). The first kappa shape index (κ1) is 13.1. The molecular weight excluding hydrogens is 286 g/mol. The van der Waals surface area contributed by atoms with Crippen molar-refractivity contribution in [2.45, 2.75) is 50.7 Å². The lowest BCUT2D eigenvalue weighted by atomic mass is 9.97. The average Bonchev–Trinajstić information content (AvgIpc) is 3.01. The van der Waals surface area contributed by atoms with Crippen LogP contribution in [0.15, 0.2) is 24.7 Å². The second kappa shape index (κ2) is 4.98. The van der Waals surface area contributed by atoms with Crippen LogP contribution in [0.4, 0.5) is 5.82 Å². The van der Waals surface area contributed by atoms with E-state index in [9.17, 15) is 0 Å². The third kappa shape index (κ3) is 2.29. The molecule has 2 aliphatic rings. The van der Waals surface area contributed by atoms with E-state index in [1.165, 1.54) is 12.8 Å². The molecule has 2 saturated heterocycles. The quantitative estimate of drug-likeness (QED) is 0.855. The third-order valence-electron chi connectivity index (χ3n) is 4.68. The smallest absolute Gasteiger partial charge is 0.132 e.